The SMILES string of the molecule is CCOC(=O)CNC(=O)[C@@H](N)CCC(=O)O. The summed E-state index contributed by atoms with van der Waals surface area (Å²) in [6.45, 7) is 1.63. The third-order valence-electron chi connectivity index (χ3n) is 1.72. The van der Waals surface area contributed by atoms with Gasteiger partial charge in [-0.1, -0.05) is 0 Å². The lowest BCUT2D eigenvalue weighted by atomic mass is 10.1. The largest absolute Gasteiger partial charge is 0.481 e. The Morgan fingerprint density at radius 2 is 2.06 bits per heavy atom. The molecule has 0 rings (SSSR count). The van der Waals surface area contributed by atoms with Crippen molar-refractivity contribution >= 4 is 17.8 Å². The average Bonchev–Trinajstić information content (AvgIpc) is 2.22. The summed E-state index contributed by atoms with van der Waals surface area (Å²) in [7, 11) is 0. The molecule has 0 saturated heterocycles. The molecule has 0 saturated carbocycles. The van der Waals surface area contributed by atoms with Crippen LogP contribution in [0.25, 0.3) is 0 Å². The predicted molar refractivity (Wildman–Crippen MR) is 54.5 cm³/mol. The molecule has 7 nitrogen and oxygen atoms in total. The minimum Gasteiger partial charge on any atom is -0.481 e. The molecule has 0 heterocycles. The van der Waals surface area contributed by atoms with Crippen LogP contribution in [0.1, 0.15) is 19.8 Å². The van der Waals surface area contributed by atoms with Gasteiger partial charge in [0.25, 0.3) is 0 Å². The standard InChI is InChI=1S/C9H16N2O5/c1-2-16-8(14)5-11-9(15)6(10)3-4-7(12)13/h6H,2-5,10H2,1H3,(H,11,15)(H,12,13)/t6-/m0/s1. The van der Waals surface area contributed by atoms with Crippen LogP contribution < -0.4 is 11.1 Å². The summed E-state index contributed by atoms with van der Waals surface area (Å²) in [5.74, 6) is -2.13. The molecule has 0 aromatic heterocycles. The molecule has 92 valence electrons. The van der Waals surface area contributed by atoms with Crippen molar-refractivity contribution in [2.45, 2.75) is 25.8 Å². The first-order chi connectivity index (χ1) is 7.47. The Bertz CT molecular complexity index is 267. The molecule has 7 heteroatoms. The molecule has 1 amide bonds. The maximum atomic E-state index is 11.2. The monoisotopic (exact) mass is 232 g/mol. The van der Waals surface area contributed by atoms with Crippen molar-refractivity contribution in [1.82, 2.24) is 5.32 Å². The van der Waals surface area contributed by atoms with Crippen molar-refractivity contribution in [3.63, 3.8) is 0 Å². The van der Waals surface area contributed by atoms with E-state index in [0.717, 1.165) is 0 Å². The maximum absolute atomic E-state index is 11.2. The zero-order valence-corrected chi connectivity index (χ0v) is 9.06. The number of aliphatic carboxylic acids is 1. The normalized spacial score (nSPS) is 11.6. The molecule has 0 aliphatic heterocycles. The molecule has 4 N–H and O–H groups in total. The number of carboxylic acid groups (broad SMARTS) is 1. The number of rotatable bonds is 7. The summed E-state index contributed by atoms with van der Waals surface area (Å²) in [6, 6.07) is -0.925. The van der Waals surface area contributed by atoms with Crippen LogP contribution in [0.3, 0.4) is 0 Å². The van der Waals surface area contributed by atoms with Gasteiger partial charge in [-0.05, 0) is 13.3 Å². The molecule has 0 bridgehead atoms. The van der Waals surface area contributed by atoms with E-state index < -0.39 is 23.9 Å². The van der Waals surface area contributed by atoms with Gasteiger partial charge in [0.2, 0.25) is 5.91 Å². The summed E-state index contributed by atoms with van der Waals surface area (Å²) in [5, 5.41) is 10.6. The first kappa shape index (κ1) is 14.4. The number of carbonyl (C=O) groups excluding carboxylic acids is 2. The summed E-state index contributed by atoms with van der Waals surface area (Å²) < 4.78 is 4.58. The van der Waals surface area contributed by atoms with E-state index in [0.29, 0.717) is 0 Å². The number of carbonyl (C=O) groups is 3. The third-order valence-corrected chi connectivity index (χ3v) is 1.72. The molecule has 0 aliphatic carbocycles. The van der Waals surface area contributed by atoms with Gasteiger partial charge < -0.3 is 20.9 Å². The Morgan fingerprint density at radius 3 is 2.56 bits per heavy atom. The Morgan fingerprint density at radius 1 is 1.44 bits per heavy atom. The summed E-state index contributed by atoms with van der Waals surface area (Å²) in [5.41, 5.74) is 5.40. The number of esters is 1. The van der Waals surface area contributed by atoms with Crippen molar-refractivity contribution in [2.24, 2.45) is 5.73 Å². The first-order valence-electron chi connectivity index (χ1n) is 4.88. The van der Waals surface area contributed by atoms with E-state index in [4.69, 9.17) is 10.8 Å². The highest BCUT2D eigenvalue weighted by molar-refractivity contribution is 5.85. The van der Waals surface area contributed by atoms with Crippen LogP contribution in [-0.2, 0) is 19.1 Å². The molecule has 0 fully saturated rings. The Hall–Kier alpha value is -1.63. The topological polar surface area (TPSA) is 119 Å². The minimum absolute atomic E-state index is 0.0317. The smallest absolute Gasteiger partial charge is 0.325 e. The second-order valence-electron chi connectivity index (χ2n) is 3.06. The van der Waals surface area contributed by atoms with Crippen molar-refractivity contribution in [2.75, 3.05) is 13.2 Å². The highest BCUT2D eigenvalue weighted by atomic mass is 16.5. The Balaban J connectivity index is 3.78. The van der Waals surface area contributed by atoms with Crippen LogP contribution >= 0.6 is 0 Å². The Labute approximate surface area is 92.9 Å². The van der Waals surface area contributed by atoms with Crippen LogP contribution in [0.4, 0.5) is 0 Å². The van der Waals surface area contributed by atoms with Gasteiger partial charge in [0.05, 0.1) is 12.6 Å². The average molecular weight is 232 g/mol. The van der Waals surface area contributed by atoms with Gasteiger partial charge in [-0.15, -0.1) is 0 Å². The van der Waals surface area contributed by atoms with Gasteiger partial charge in [-0.25, -0.2) is 0 Å². The molecule has 16 heavy (non-hydrogen) atoms. The molecular formula is C9H16N2O5. The van der Waals surface area contributed by atoms with Crippen LogP contribution in [-0.4, -0.2) is 42.1 Å². The van der Waals surface area contributed by atoms with Crippen molar-refractivity contribution in [3.05, 3.63) is 0 Å². The Kier molecular flexibility index (Phi) is 6.86. The highest BCUT2D eigenvalue weighted by Crippen LogP contribution is 1.94. The number of ether oxygens (including phenoxy) is 1. The lowest BCUT2D eigenvalue weighted by Gasteiger charge is -2.10. The summed E-state index contributed by atoms with van der Waals surface area (Å²) in [4.78, 5) is 32.3. The third kappa shape index (κ3) is 6.77. The van der Waals surface area contributed by atoms with Crippen molar-refractivity contribution in [1.29, 1.82) is 0 Å². The van der Waals surface area contributed by atoms with Crippen LogP contribution in [0.15, 0.2) is 0 Å². The molecule has 0 aromatic carbocycles. The van der Waals surface area contributed by atoms with Gasteiger partial charge in [0.15, 0.2) is 0 Å². The van der Waals surface area contributed by atoms with E-state index in [1.54, 1.807) is 6.92 Å². The second kappa shape index (κ2) is 7.63. The molecule has 0 spiro atoms. The van der Waals surface area contributed by atoms with Gasteiger partial charge in [-0.2, -0.15) is 0 Å². The zero-order chi connectivity index (χ0) is 12.6. The molecular weight excluding hydrogens is 216 g/mol. The van der Waals surface area contributed by atoms with Gasteiger partial charge >= 0.3 is 11.9 Å². The van der Waals surface area contributed by atoms with Gasteiger partial charge in [-0.3, -0.25) is 14.4 Å². The van der Waals surface area contributed by atoms with E-state index in [-0.39, 0.29) is 26.0 Å². The fraction of sp³-hybridized carbons (Fsp3) is 0.667. The molecule has 1 atom stereocenters. The minimum atomic E-state index is -1.02. The fourth-order valence-corrected chi connectivity index (χ4v) is 0.912. The van der Waals surface area contributed by atoms with E-state index >= 15 is 0 Å². The predicted octanol–water partition coefficient (Wildman–Crippen LogP) is -1.14. The lowest BCUT2D eigenvalue weighted by molar-refractivity contribution is -0.143. The maximum Gasteiger partial charge on any atom is 0.325 e. The number of hydrogen-bond acceptors (Lipinski definition) is 5. The second-order valence-corrected chi connectivity index (χ2v) is 3.06. The number of hydrogen-bond donors (Lipinski definition) is 3. The number of carboxylic acids is 1. The fourth-order valence-electron chi connectivity index (χ4n) is 0.912. The van der Waals surface area contributed by atoms with Crippen LogP contribution in [0, 0.1) is 0 Å². The van der Waals surface area contributed by atoms with Crippen molar-refractivity contribution < 1.29 is 24.2 Å². The summed E-state index contributed by atoms with van der Waals surface area (Å²) in [6.07, 6.45) is -0.155. The number of nitrogens with two attached hydrogens (primary N) is 1. The van der Waals surface area contributed by atoms with Gasteiger partial charge in [0, 0.05) is 6.42 Å². The van der Waals surface area contributed by atoms with E-state index in [2.05, 4.69) is 10.1 Å². The van der Waals surface area contributed by atoms with Crippen LogP contribution in [0.2, 0.25) is 0 Å². The van der Waals surface area contributed by atoms with E-state index in [1.807, 2.05) is 0 Å². The zero-order valence-electron chi connectivity index (χ0n) is 9.06. The first-order valence-corrected chi connectivity index (χ1v) is 4.88. The van der Waals surface area contributed by atoms with E-state index in [9.17, 15) is 14.4 Å². The molecule has 0 unspecified atom stereocenters. The molecule has 0 radical (unpaired) electrons. The molecule has 0 aliphatic rings. The highest BCUT2D eigenvalue weighted by Gasteiger charge is 2.15. The van der Waals surface area contributed by atoms with E-state index in [1.165, 1.54) is 0 Å². The lowest BCUT2D eigenvalue weighted by Crippen LogP contribution is -2.43. The summed E-state index contributed by atoms with van der Waals surface area (Å²) >= 11 is 0. The van der Waals surface area contributed by atoms with Crippen molar-refractivity contribution in [3.8, 4) is 0 Å². The number of amides is 1. The van der Waals surface area contributed by atoms with Crippen LogP contribution in [0.5, 0.6) is 0 Å². The molecule has 0 aromatic rings. The van der Waals surface area contributed by atoms with Gasteiger partial charge in [0.1, 0.15) is 6.54 Å². The quantitative estimate of drug-likeness (QED) is 0.477. The number of nitrogens with one attached hydrogen (secondary N) is 1.